The van der Waals surface area contributed by atoms with Gasteiger partial charge in [0.15, 0.2) is 0 Å². The molecule has 0 spiro atoms. The molecule has 0 radical (unpaired) electrons. The fourth-order valence-corrected chi connectivity index (χ4v) is 3.12. The van der Waals surface area contributed by atoms with Crippen LogP contribution < -0.4 is 0 Å². The molecule has 0 bridgehead atoms. The molecular formula is C22H25N5O2. The molecule has 0 N–H and O–H groups in total. The first-order valence-electron chi connectivity index (χ1n) is 9.63. The van der Waals surface area contributed by atoms with E-state index in [0.717, 1.165) is 11.3 Å². The molecule has 0 saturated heterocycles. The minimum absolute atomic E-state index is 0.0174. The molecule has 150 valence electrons. The van der Waals surface area contributed by atoms with Crippen molar-refractivity contribution in [3.8, 4) is 16.9 Å². The van der Waals surface area contributed by atoms with Crippen LogP contribution in [0.5, 0.6) is 0 Å². The number of para-hydroxylation sites is 1. The summed E-state index contributed by atoms with van der Waals surface area (Å²) in [5.74, 6) is -0.337. The van der Waals surface area contributed by atoms with Crippen molar-refractivity contribution in [1.29, 1.82) is 0 Å². The molecule has 1 aromatic carbocycles. The summed E-state index contributed by atoms with van der Waals surface area (Å²) in [7, 11) is 1.64. The van der Waals surface area contributed by atoms with E-state index in [1.807, 2.05) is 50.2 Å². The molecule has 0 unspecified atom stereocenters. The van der Waals surface area contributed by atoms with E-state index in [1.54, 1.807) is 41.3 Å². The number of pyridine rings is 1. The van der Waals surface area contributed by atoms with Gasteiger partial charge in [0.05, 0.1) is 17.8 Å². The van der Waals surface area contributed by atoms with Crippen LogP contribution in [0.4, 0.5) is 0 Å². The van der Waals surface area contributed by atoms with Crippen molar-refractivity contribution >= 4 is 11.8 Å². The third-order valence-corrected chi connectivity index (χ3v) is 4.74. The van der Waals surface area contributed by atoms with Crippen LogP contribution in [0.15, 0.2) is 61.1 Å². The Balaban J connectivity index is 1.95. The van der Waals surface area contributed by atoms with Gasteiger partial charge >= 0.3 is 0 Å². The van der Waals surface area contributed by atoms with Crippen molar-refractivity contribution < 1.29 is 9.59 Å². The van der Waals surface area contributed by atoms with Crippen molar-refractivity contribution in [2.24, 2.45) is 0 Å². The fourth-order valence-electron chi connectivity index (χ4n) is 3.12. The molecule has 2 heterocycles. The zero-order valence-corrected chi connectivity index (χ0v) is 16.9. The van der Waals surface area contributed by atoms with Gasteiger partial charge in [0.2, 0.25) is 5.91 Å². The number of carbonyl (C=O) groups excluding carboxylic acids is 2. The first-order chi connectivity index (χ1) is 14.0. The lowest BCUT2D eigenvalue weighted by Crippen LogP contribution is -2.41. The number of aromatic nitrogens is 3. The molecule has 0 atom stereocenters. The van der Waals surface area contributed by atoms with Gasteiger partial charge in [-0.25, -0.2) is 4.68 Å². The lowest BCUT2D eigenvalue weighted by molar-refractivity contribution is -0.131. The van der Waals surface area contributed by atoms with Crippen molar-refractivity contribution in [2.45, 2.75) is 13.8 Å². The second-order valence-electron chi connectivity index (χ2n) is 6.64. The van der Waals surface area contributed by atoms with Crippen molar-refractivity contribution in [3.63, 3.8) is 0 Å². The average molecular weight is 391 g/mol. The fraction of sp³-hybridized carbons (Fsp3) is 0.273. The molecule has 2 aromatic heterocycles. The Kier molecular flexibility index (Phi) is 6.39. The van der Waals surface area contributed by atoms with Gasteiger partial charge in [-0.1, -0.05) is 18.2 Å². The number of amides is 2. The van der Waals surface area contributed by atoms with Crippen LogP contribution in [0.1, 0.15) is 24.2 Å². The summed E-state index contributed by atoms with van der Waals surface area (Å²) in [6.45, 7) is 5.10. The van der Waals surface area contributed by atoms with Gasteiger partial charge in [-0.2, -0.15) is 5.10 Å². The molecule has 3 aromatic rings. The predicted molar refractivity (Wildman–Crippen MR) is 112 cm³/mol. The number of benzene rings is 1. The third-order valence-electron chi connectivity index (χ3n) is 4.74. The maximum atomic E-state index is 13.2. The topological polar surface area (TPSA) is 71.3 Å². The van der Waals surface area contributed by atoms with E-state index in [-0.39, 0.29) is 18.4 Å². The van der Waals surface area contributed by atoms with E-state index < -0.39 is 0 Å². The normalized spacial score (nSPS) is 10.6. The molecule has 0 aliphatic rings. The van der Waals surface area contributed by atoms with E-state index >= 15 is 0 Å². The minimum Gasteiger partial charge on any atom is -0.342 e. The van der Waals surface area contributed by atoms with Crippen LogP contribution >= 0.6 is 0 Å². The maximum Gasteiger partial charge on any atom is 0.257 e. The van der Waals surface area contributed by atoms with Gasteiger partial charge in [-0.3, -0.25) is 14.6 Å². The van der Waals surface area contributed by atoms with Gasteiger partial charge in [-0.15, -0.1) is 0 Å². The van der Waals surface area contributed by atoms with Crippen molar-refractivity contribution in [1.82, 2.24) is 24.6 Å². The SMILES string of the molecule is CCN(CC)C(=O)CN(C)C(=O)c1cn(-c2ccccc2)nc1-c1cccnc1. The van der Waals surface area contributed by atoms with Gasteiger partial charge in [0.1, 0.15) is 5.69 Å². The molecule has 0 fully saturated rings. The predicted octanol–water partition coefficient (Wildman–Crippen LogP) is 2.87. The Hall–Kier alpha value is -3.48. The highest BCUT2D eigenvalue weighted by atomic mass is 16.2. The highest BCUT2D eigenvalue weighted by Crippen LogP contribution is 2.24. The molecule has 29 heavy (non-hydrogen) atoms. The van der Waals surface area contributed by atoms with Crippen LogP contribution in [0.25, 0.3) is 16.9 Å². The second kappa shape index (κ2) is 9.14. The zero-order valence-electron chi connectivity index (χ0n) is 16.9. The monoisotopic (exact) mass is 391 g/mol. The van der Waals surface area contributed by atoms with Crippen LogP contribution in [-0.2, 0) is 4.79 Å². The summed E-state index contributed by atoms with van der Waals surface area (Å²) >= 11 is 0. The quantitative estimate of drug-likeness (QED) is 0.621. The summed E-state index contributed by atoms with van der Waals surface area (Å²) < 4.78 is 1.68. The van der Waals surface area contributed by atoms with Crippen molar-refractivity contribution in [2.75, 3.05) is 26.7 Å². The van der Waals surface area contributed by atoms with Crippen molar-refractivity contribution in [3.05, 3.63) is 66.6 Å². The van der Waals surface area contributed by atoms with E-state index in [1.165, 1.54) is 4.90 Å². The van der Waals surface area contributed by atoms with Gasteiger partial charge in [0, 0.05) is 44.3 Å². The summed E-state index contributed by atoms with van der Waals surface area (Å²) in [6, 6.07) is 13.3. The number of hydrogen-bond donors (Lipinski definition) is 0. The molecule has 7 heteroatoms. The molecule has 3 rings (SSSR count). The number of hydrogen-bond acceptors (Lipinski definition) is 4. The second-order valence-corrected chi connectivity index (χ2v) is 6.64. The number of rotatable bonds is 7. The van der Waals surface area contributed by atoms with Crippen LogP contribution in [0.3, 0.4) is 0 Å². The van der Waals surface area contributed by atoms with E-state index in [0.29, 0.717) is 24.3 Å². The van der Waals surface area contributed by atoms with Crippen LogP contribution in [-0.4, -0.2) is 63.1 Å². The Labute approximate surface area is 170 Å². The molecule has 0 saturated carbocycles. The minimum atomic E-state index is -0.258. The molecular weight excluding hydrogens is 366 g/mol. The smallest absolute Gasteiger partial charge is 0.257 e. The summed E-state index contributed by atoms with van der Waals surface area (Å²) in [5, 5.41) is 4.63. The highest BCUT2D eigenvalue weighted by molar-refractivity contribution is 6.01. The largest absolute Gasteiger partial charge is 0.342 e. The van der Waals surface area contributed by atoms with E-state index in [2.05, 4.69) is 10.1 Å². The summed E-state index contributed by atoms with van der Waals surface area (Å²) in [4.78, 5) is 32.9. The summed E-state index contributed by atoms with van der Waals surface area (Å²) in [5.41, 5.74) is 2.55. The highest BCUT2D eigenvalue weighted by Gasteiger charge is 2.24. The zero-order chi connectivity index (χ0) is 20.8. The Morgan fingerprint density at radius 2 is 1.76 bits per heavy atom. The van der Waals surface area contributed by atoms with Gasteiger partial charge in [-0.05, 0) is 38.1 Å². The van der Waals surface area contributed by atoms with Crippen LogP contribution in [0.2, 0.25) is 0 Å². The van der Waals surface area contributed by atoms with Crippen LogP contribution in [0, 0.1) is 0 Å². The third kappa shape index (κ3) is 4.51. The first-order valence-corrected chi connectivity index (χ1v) is 9.63. The summed E-state index contributed by atoms with van der Waals surface area (Å²) in [6.07, 6.45) is 5.06. The molecule has 7 nitrogen and oxygen atoms in total. The van der Waals surface area contributed by atoms with Gasteiger partial charge < -0.3 is 9.80 Å². The molecule has 2 amide bonds. The Bertz CT molecular complexity index is 965. The van der Waals surface area contributed by atoms with E-state index in [9.17, 15) is 9.59 Å². The standard InChI is InChI=1S/C22H25N5O2/c1-4-26(5-2)20(28)16-25(3)22(29)19-15-27(18-11-7-6-8-12-18)24-21(19)17-10-9-13-23-14-17/h6-15H,4-5,16H2,1-3H3. The lowest BCUT2D eigenvalue weighted by atomic mass is 10.1. The first kappa shape index (κ1) is 20.3. The number of carbonyl (C=O) groups is 2. The maximum absolute atomic E-state index is 13.2. The lowest BCUT2D eigenvalue weighted by Gasteiger charge is -2.23. The van der Waals surface area contributed by atoms with E-state index in [4.69, 9.17) is 0 Å². The Morgan fingerprint density at radius 1 is 1.03 bits per heavy atom. The average Bonchev–Trinajstić information content (AvgIpc) is 3.20. The van der Waals surface area contributed by atoms with Gasteiger partial charge in [0.25, 0.3) is 5.91 Å². The Morgan fingerprint density at radius 3 is 2.38 bits per heavy atom. The number of nitrogens with zero attached hydrogens (tertiary/aromatic N) is 5. The number of likely N-dealkylation sites (N-methyl/N-ethyl adjacent to an activating group) is 2. The molecule has 0 aliphatic heterocycles. The molecule has 0 aliphatic carbocycles.